The summed E-state index contributed by atoms with van der Waals surface area (Å²) < 4.78 is 17.3. The molecule has 2 saturated heterocycles. The number of ether oxygens (including phenoxy) is 3. The molecule has 2 aliphatic heterocycles. The van der Waals surface area contributed by atoms with E-state index >= 15 is 0 Å². The minimum Gasteiger partial charge on any atom is -0.458 e. The van der Waals surface area contributed by atoms with Gasteiger partial charge >= 0.3 is 11.9 Å². The fraction of sp³-hybridized carbons (Fsp3) is 0.600. The first-order valence-corrected chi connectivity index (χ1v) is 9.05. The lowest BCUT2D eigenvalue weighted by Crippen LogP contribution is -2.40. The molecule has 0 amide bonds. The van der Waals surface area contributed by atoms with Gasteiger partial charge in [0.25, 0.3) is 0 Å². The Bertz CT molecular complexity index is 762. The quantitative estimate of drug-likeness (QED) is 0.358. The molecule has 6 nitrogen and oxygen atoms in total. The molecule has 0 bridgehead atoms. The average Bonchev–Trinajstić information content (AvgIpc) is 3.09. The summed E-state index contributed by atoms with van der Waals surface area (Å²) in [5.74, 6) is -1.43. The van der Waals surface area contributed by atoms with E-state index in [1.165, 1.54) is 0 Å². The van der Waals surface area contributed by atoms with Crippen molar-refractivity contribution in [3.8, 4) is 0 Å². The third-order valence-corrected chi connectivity index (χ3v) is 6.47. The van der Waals surface area contributed by atoms with Crippen molar-refractivity contribution >= 4 is 11.9 Å². The standard InChI is InChI=1S/C20H24O6/c1-5-9(2)18(22)24-13-6-11(8-21)12-7-14-20(4,26-14)16(12)17-15(13)10(3)19(23)25-17/h5,13-17,21H,3,6-8H2,1-2,4H3. The Hall–Kier alpha value is -1.92. The van der Waals surface area contributed by atoms with Gasteiger partial charge in [0.05, 0.1) is 18.6 Å². The van der Waals surface area contributed by atoms with Gasteiger partial charge in [0.1, 0.15) is 17.8 Å². The number of allylic oxidation sites excluding steroid dienone is 1. The van der Waals surface area contributed by atoms with Gasteiger partial charge < -0.3 is 19.3 Å². The van der Waals surface area contributed by atoms with Crippen molar-refractivity contribution < 1.29 is 28.9 Å². The van der Waals surface area contributed by atoms with E-state index in [9.17, 15) is 14.7 Å². The SMILES string of the molecule is C=C1C(=O)OC2C1C(OC(=O)C(C)=CC)CC(CO)=C1CC3OC3(C)C12. The molecule has 0 radical (unpaired) electrons. The molecule has 6 unspecified atom stereocenters. The Morgan fingerprint density at radius 3 is 2.85 bits per heavy atom. The Labute approximate surface area is 152 Å². The molecule has 2 aliphatic carbocycles. The van der Waals surface area contributed by atoms with E-state index in [-0.39, 0.29) is 24.2 Å². The highest BCUT2D eigenvalue weighted by Crippen LogP contribution is 2.62. The van der Waals surface area contributed by atoms with Crippen LogP contribution in [0.25, 0.3) is 0 Å². The van der Waals surface area contributed by atoms with Gasteiger partial charge in [0.2, 0.25) is 0 Å². The molecule has 1 N–H and O–H groups in total. The maximum atomic E-state index is 12.4. The van der Waals surface area contributed by atoms with Crippen molar-refractivity contribution in [2.24, 2.45) is 11.8 Å². The number of fused-ring (bicyclic) bond motifs is 5. The molecular formula is C20H24O6. The summed E-state index contributed by atoms with van der Waals surface area (Å²) in [7, 11) is 0. The topological polar surface area (TPSA) is 85.4 Å². The van der Waals surface area contributed by atoms with Crippen LogP contribution in [0.3, 0.4) is 0 Å². The van der Waals surface area contributed by atoms with Crippen LogP contribution in [0.2, 0.25) is 0 Å². The molecule has 4 rings (SSSR count). The predicted octanol–water partition coefficient (Wildman–Crippen LogP) is 1.83. The molecule has 1 saturated carbocycles. The predicted molar refractivity (Wildman–Crippen MR) is 91.9 cm³/mol. The summed E-state index contributed by atoms with van der Waals surface area (Å²) in [6.45, 7) is 9.28. The van der Waals surface area contributed by atoms with E-state index in [1.807, 2.05) is 6.92 Å². The number of rotatable bonds is 3. The van der Waals surface area contributed by atoms with Gasteiger partial charge in [-0.25, -0.2) is 9.59 Å². The maximum absolute atomic E-state index is 12.4. The van der Waals surface area contributed by atoms with Crippen molar-refractivity contribution in [3.05, 3.63) is 34.9 Å². The van der Waals surface area contributed by atoms with Crippen LogP contribution in [-0.2, 0) is 23.8 Å². The van der Waals surface area contributed by atoms with E-state index in [0.29, 0.717) is 17.6 Å². The summed E-state index contributed by atoms with van der Waals surface area (Å²) in [4.78, 5) is 24.6. The van der Waals surface area contributed by atoms with Crippen LogP contribution < -0.4 is 0 Å². The minimum atomic E-state index is -0.595. The number of aliphatic hydroxyl groups excluding tert-OH is 1. The second-order valence-corrected chi connectivity index (χ2v) is 7.80. The number of hydrogen-bond donors (Lipinski definition) is 1. The molecule has 4 aliphatic rings. The first-order valence-electron chi connectivity index (χ1n) is 9.05. The lowest BCUT2D eigenvalue weighted by molar-refractivity contribution is -0.149. The van der Waals surface area contributed by atoms with Crippen molar-refractivity contribution in [1.82, 2.24) is 0 Å². The zero-order valence-corrected chi connectivity index (χ0v) is 15.3. The number of epoxide rings is 1. The molecule has 0 aromatic heterocycles. The van der Waals surface area contributed by atoms with Crippen LogP contribution in [0.5, 0.6) is 0 Å². The third-order valence-electron chi connectivity index (χ3n) is 6.47. The second-order valence-electron chi connectivity index (χ2n) is 7.80. The molecule has 0 aromatic rings. The number of esters is 2. The van der Waals surface area contributed by atoms with Gasteiger partial charge in [0.15, 0.2) is 0 Å². The van der Waals surface area contributed by atoms with Crippen molar-refractivity contribution in [1.29, 1.82) is 0 Å². The molecule has 140 valence electrons. The fourth-order valence-electron chi connectivity index (χ4n) is 4.80. The second kappa shape index (κ2) is 5.79. The van der Waals surface area contributed by atoms with E-state index in [0.717, 1.165) is 17.6 Å². The molecule has 0 aromatic carbocycles. The Morgan fingerprint density at radius 1 is 1.46 bits per heavy atom. The Balaban J connectivity index is 1.75. The molecule has 26 heavy (non-hydrogen) atoms. The smallest absolute Gasteiger partial charge is 0.334 e. The van der Waals surface area contributed by atoms with Gasteiger partial charge in [-0.1, -0.05) is 18.2 Å². The van der Waals surface area contributed by atoms with E-state index in [2.05, 4.69) is 6.58 Å². The number of aliphatic hydroxyl groups is 1. The van der Waals surface area contributed by atoms with Crippen LogP contribution in [0.4, 0.5) is 0 Å². The van der Waals surface area contributed by atoms with Crippen LogP contribution in [-0.4, -0.2) is 47.6 Å². The van der Waals surface area contributed by atoms with Crippen molar-refractivity contribution in [2.75, 3.05) is 6.61 Å². The highest BCUT2D eigenvalue weighted by molar-refractivity contribution is 5.92. The minimum absolute atomic E-state index is 0.0987. The van der Waals surface area contributed by atoms with E-state index in [1.54, 1.807) is 19.9 Å². The molecule has 3 fully saturated rings. The summed E-state index contributed by atoms with van der Waals surface area (Å²) in [6.07, 6.45) is 1.81. The van der Waals surface area contributed by atoms with Crippen molar-refractivity contribution in [3.63, 3.8) is 0 Å². The molecular weight excluding hydrogens is 336 g/mol. The lowest BCUT2D eigenvalue weighted by Gasteiger charge is -2.30. The largest absolute Gasteiger partial charge is 0.458 e. The normalized spacial score (nSPS) is 41.2. The molecule has 6 atom stereocenters. The van der Waals surface area contributed by atoms with Crippen LogP contribution in [0, 0.1) is 11.8 Å². The highest BCUT2D eigenvalue weighted by atomic mass is 16.6. The highest BCUT2D eigenvalue weighted by Gasteiger charge is 2.70. The third kappa shape index (κ3) is 2.32. The first kappa shape index (κ1) is 17.5. The van der Waals surface area contributed by atoms with Crippen LogP contribution in [0.15, 0.2) is 34.9 Å². The van der Waals surface area contributed by atoms with Gasteiger partial charge in [-0.15, -0.1) is 0 Å². The number of carbonyl (C=O) groups excluding carboxylic acids is 2. The zero-order valence-electron chi connectivity index (χ0n) is 15.3. The summed E-state index contributed by atoms with van der Waals surface area (Å²) >= 11 is 0. The summed E-state index contributed by atoms with van der Waals surface area (Å²) in [5.41, 5.74) is 2.39. The Morgan fingerprint density at radius 2 is 2.19 bits per heavy atom. The average molecular weight is 360 g/mol. The fourth-order valence-corrected chi connectivity index (χ4v) is 4.80. The monoisotopic (exact) mass is 360 g/mol. The number of carbonyl (C=O) groups is 2. The zero-order chi connectivity index (χ0) is 18.8. The summed E-state index contributed by atoms with van der Waals surface area (Å²) in [5, 5.41) is 9.96. The van der Waals surface area contributed by atoms with Crippen molar-refractivity contribution in [2.45, 2.75) is 57.5 Å². The van der Waals surface area contributed by atoms with Gasteiger partial charge in [-0.3, -0.25) is 0 Å². The number of hydrogen-bond acceptors (Lipinski definition) is 6. The van der Waals surface area contributed by atoms with Gasteiger partial charge in [-0.2, -0.15) is 0 Å². The molecule has 2 heterocycles. The lowest BCUT2D eigenvalue weighted by atomic mass is 9.80. The van der Waals surface area contributed by atoms with Crippen LogP contribution in [0.1, 0.15) is 33.6 Å². The Kier molecular flexibility index (Phi) is 3.90. The van der Waals surface area contributed by atoms with E-state index < -0.39 is 30.1 Å². The van der Waals surface area contributed by atoms with Crippen LogP contribution >= 0.6 is 0 Å². The first-order chi connectivity index (χ1) is 12.3. The van der Waals surface area contributed by atoms with Gasteiger partial charge in [0, 0.05) is 23.5 Å². The maximum Gasteiger partial charge on any atom is 0.334 e. The molecule has 6 heteroatoms. The summed E-state index contributed by atoms with van der Waals surface area (Å²) in [6, 6.07) is 0. The van der Waals surface area contributed by atoms with E-state index in [4.69, 9.17) is 14.2 Å². The van der Waals surface area contributed by atoms with Gasteiger partial charge in [-0.05, 0) is 32.8 Å². The molecule has 0 spiro atoms.